The summed E-state index contributed by atoms with van der Waals surface area (Å²) in [6.07, 6.45) is 4.38. The third-order valence-corrected chi connectivity index (χ3v) is 3.88. The van der Waals surface area contributed by atoms with Crippen LogP contribution in [0.1, 0.15) is 32.6 Å². The molecule has 1 fully saturated rings. The van der Waals surface area contributed by atoms with E-state index in [4.69, 9.17) is 9.47 Å². The molecule has 2 amide bonds. The van der Waals surface area contributed by atoms with E-state index in [1.165, 1.54) is 12.1 Å². The molecule has 128 valence electrons. The van der Waals surface area contributed by atoms with Crippen molar-refractivity contribution in [3.63, 3.8) is 0 Å². The quantitative estimate of drug-likeness (QED) is 0.833. The molecule has 1 saturated heterocycles. The van der Waals surface area contributed by atoms with Crippen molar-refractivity contribution in [2.45, 2.75) is 38.7 Å². The maximum absolute atomic E-state index is 13.9. The molecule has 0 spiro atoms. The molecule has 1 unspecified atom stereocenters. The maximum atomic E-state index is 13.9. The zero-order chi connectivity index (χ0) is 16.7. The van der Waals surface area contributed by atoms with Crippen LogP contribution in [0.5, 0.6) is 5.75 Å². The molecule has 5 nitrogen and oxygen atoms in total. The predicted molar refractivity (Wildman–Crippen MR) is 87.4 cm³/mol. The highest BCUT2D eigenvalue weighted by atomic mass is 19.1. The predicted octanol–water partition coefficient (Wildman–Crippen LogP) is 3.65. The summed E-state index contributed by atoms with van der Waals surface area (Å²) in [6.45, 7) is 3.76. The van der Waals surface area contributed by atoms with Gasteiger partial charge in [-0.05, 0) is 44.7 Å². The van der Waals surface area contributed by atoms with E-state index in [0.717, 1.165) is 32.3 Å². The molecule has 1 aliphatic rings. The van der Waals surface area contributed by atoms with Gasteiger partial charge in [0.15, 0.2) is 0 Å². The number of halogens is 1. The zero-order valence-electron chi connectivity index (χ0n) is 13.8. The van der Waals surface area contributed by atoms with Gasteiger partial charge < -0.3 is 19.7 Å². The average Bonchev–Trinajstić information content (AvgIpc) is 3.03. The van der Waals surface area contributed by atoms with Crippen molar-refractivity contribution >= 4 is 11.7 Å². The normalized spacial score (nSPS) is 17.1. The second-order valence-corrected chi connectivity index (χ2v) is 5.70. The highest BCUT2D eigenvalue weighted by Gasteiger charge is 2.16. The van der Waals surface area contributed by atoms with Crippen LogP contribution in [0, 0.1) is 5.82 Å². The number of nitrogens with one attached hydrogen (secondary N) is 1. The highest BCUT2D eigenvalue weighted by Crippen LogP contribution is 2.21. The third kappa shape index (κ3) is 5.39. The van der Waals surface area contributed by atoms with Gasteiger partial charge in [0, 0.05) is 26.3 Å². The molecular weight excluding hydrogens is 299 g/mol. The van der Waals surface area contributed by atoms with Gasteiger partial charge >= 0.3 is 6.03 Å². The summed E-state index contributed by atoms with van der Waals surface area (Å²) in [5, 5.41) is 2.58. The van der Waals surface area contributed by atoms with Crippen LogP contribution in [0.3, 0.4) is 0 Å². The first-order valence-corrected chi connectivity index (χ1v) is 8.16. The van der Waals surface area contributed by atoms with Crippen molar-refractivity contribution in [2.24, 2.45) is 0 Å². The van der Waals surface area contributed by atoms with Gasteiger partial charge in [-0.2, -0.15) is 0 Å². The highest BCUT2D eigenvalue weighted by molar-refractivity contribution is 5.89. The minimum Gasteiger partial charge on any atom is -0.494 e. The summed E-state index contributed by atoms with van der Waals surface area (Å²) >= 11 is 0. The Morgan fingerprint density at radius 1 is 1.52 bits per heavy atom. The summed E-state index contributed by atoms with van der Waals surface area (Å²) < 4.78 is 24.7. The Morgan fingerprint density at radius 2 is 2.35 bits per heavy atom. The van der Waals surface area contributed by atoms with Crippen LogP contribution in [-0.4, -0.2) is 43.8 Å². The summed E-state index contributed by atoms with van der Waals surface area (Å²) in [5.41, 5.74) is 0.157. The number of benzene rings is 1. The number of nitrogens with zero attached hydrogens (tertiary/aromatic N) is 1. The van der Waals surface area contributed by atoms with E-state index in [-0.39, 0.29) is 11.7 Å². The van der Waals surface area contributed by atoms with Gasteiger partial charge in [-0.3, -0.25) is 0 Å². The molecular formula is C17H25FN2O3. The van der Waals surface area contributed by atoms with E-state index in [9.17, 15) is 9.18 Å². The first-order valence-electron chi connectivity index (χ1n) is 8.16. The number of urea groups is 1. The van der Waals surface area contributed by atoms with Crippen LogP contribution < -0.4 is 10.1 Å². The number of rotatable bonds is 7. The average molecular weight is 324 g/mol. The first kappa shape index (κ1) is 17.5. The summed E-state index contributed by atoms with van der Waals surface area (Å²) in [6, 6.07) is 4.11. The van der Waals surface area contributed by atoms with Gasteiger partial charge in [-0.15, -0.1) is 0 Å². The Bertz CT molecular complexity index is 519. The molecule has 0 saturated carbocycles. The van der Waals surface area contributed by atoms with E-state index in [1.807, 2.05) is 6.92 Å². The lowest BCUT2D eigenvalue weighted by molar-refractivity contribution is 0.101. The molecule has 0 bridgehead atoms. The topological polar surface area (TPSA) is 50.8 Å². The van der Waals surface area contributed by atoms with Gasteiger partial charge in [0.25, 0.3) is 0 Å². The Labute approximate surface area is 136 Å². The number of anilines is 1. The SMILES string of the molecule is CCOc1ccc(NC(=O)N(C)CCCC2CCCO2)c(F)c1. The molecule has 1 aromatic rings. The largest absolute Gasteiger partial charge is 0.494 e. The van der Waals surface area contributed by atoms with Gasteiger partial charge in [-0.25, -0.2) is 9.18 Å². The van der Waals surface area contributed by atoms with E-state index < -0.39 is 5.82 Å². The standard InChI is InChI=1S/C17H25FN2O3/c1-3-22-14-8-9-16(15(18)12-14)19-17(21)20(2)10-4-6-13-7-5-11-23-13/h8-9,12-13H,3-7,10-11H2,1-2H3,(H,19,21). The molecule has 0 radical (unpaired) electrons. The molecule has 23 heavy (non-hydrogen) atoms. The molecule has 2 rings (SSSR count). The van der Waals surface area contributed by atoms with Crippen molar-refractivity contribution in [3.05, 3.63) is 24.0 Å². The Balaban J connectivity index is 1.78. The van der Waals surface area contributed by atoms with Gasteiger partial charge in [0.05, 0.1) is 18.4 Å². The monoisotopic (exact) mass is 324 g/mol. The summed E-state index contributed by atoms with van der Waals surface area (Å²) in [4.78, 5) is 13.6. The smallest absolute Gasteiger partial charge is 0.321 e. The summed E-state index contributed by atoms with van der Waals surface area (Å²) in [7, 11) is 1.71. The van der Waals surface area contributed by atoms with Crippen molar-refractivity contribution in [2.75, 3.05) is 32.1 Å². The lowest BCUT2D eigenvalue weighted by Crippen LogP contribution is -2.32. The second-order valence-electron chi connectivity index (χ2n) is 5.70. The Morgan fingerprint density at radius 3 is 3.00 bits per heavy atom. The van der Waals surface area contributed by atoms with E-state index >= 15 is 0 Å². The number of carbonyl (C=O) groups excluding carboxylic acids is 1. The number of hydrogen-bond donors (Lipinski definition) is 1. The van der Waals surface area contributed by atoms with Crippen molar-refractivity contribution in [3.8, 4) is 5.75 Å². The Hall–Kier alpha value is -1.82. The third-order valence-electron chi connectivity index (χ3n) is 3.88. The minimum absolute atomic E-state index is 0.157. The molecule has 1 aliphatic heterocycles. The fraction of sp³-hybridized carbons (Fsp3) is 0.588. The molecule has 1 atom stereocenters. The maximum Gasteiger partial charge on any atom is 0.321 e. The number of amides is 2. The second kappa shape index (κ2) is 8.72. The first-order chi connectivity index (χ1) is 11.1. The van der Waals surface area contributed by atoms with Crippen LogP contribution in [0.15, 0.2) is 18.2 Å². The number of ether oxygens (including phenoxy) is 2. The lowest BCUT2D eigenvalue weighted by Gasteiger charge is -2.19. The molecule has 0 aromatic heterocycles. The van der Waals surface area contributed by atoms with Crippen LogP contribution in [0.2, 0.25) is 0 Å². The van der Waals surface area contributed by atoms with E-state index in [1.54, 1.807) is 18.0 Å². The van der Waals surface area contributed by atoms with Crippen molar-refractivity contribution < 1.29 is 18.7 Å². The van der Waals surface area contributed by atoms with Gasteiger partial charge in [0.1, 0.15) is 11.6 Å². The molecule has 0 aliphatic carbocycles. The number of carbonyl (C=O) groups is 1. The van der Waals surface area contributed by atoms with Crippen molar-refractivity contribution in [1.29, 1.82) is 0 Å². The Kier molecular flexibility index (Phi) is 6.65. The summed E-state index contributed by atoms with van der Waals surface area (Å²) in [5.74, 6) is -0.0510. The lowest BCUT2D eigenvalue weighted by atomic mass is 10.1. The minimum atomic E-state index is -0.503. The van der Waals surface area contributed by atoms with Crippen LogP contribution in [0.25, 0.3) is 0 Å². The van der Waals surface area contributed by atoms with E-state index in [0.29, 0.717) is 25.0 Å². The van der Waals surface area contributed by atoms with Crippen LogP contribution in [0.4, 0.5) is 14.9 Å². The molecule has 1 heterocycles. The molecule has 1 aromatic carbocycles. The van der Waals surface area contributed by atoms with E-state index in [2.05, 4.69) is 5.32 Å². The molecule has 6 heteroatoms. The number of hydrogen-bond acceptors (Lipinski definition) is 3. The molecule has 1 N–H and O–H groups in total. The van der Waals surface area contributed by atoms with Crippen LogP contribution >= 0.6 is 0 Å². The van der Waals surface area contributed by atoms with Gasteiger partial charge in [0.2, 0.25) is 0 Å². The van der Waals surface area contributed by atoms with Crippen molar-refractivity contribution in [1.82, 2.24) is 4.90 Å². The fourth-order valence-corrected chi connectivity index (χ4v) is 2.59. The van der Waals surface area contributed by atoms with Gasteiger partial charge in [-0.1, -0.05) is 0 Å². The fourth-order valence-electron chi connectivity index (χ4n) is 2.59. The van der Waals surface area contributed by atoms with Crippen LogP contribution in [-0.2, 0) is 4.74 Å². The zero-order valence-corrected chi connectivity index (χ0v) is 13.8.